The summed E-state index contributed by atoms with van der Waals surface area (Å²) in [7, 11) is 1.83. The van der Waals surface area contributed by atoms with E-state index in [-0.39, 0.29) is 29.2 Å². The van der Waals surface area contributed by atoms with Crippen LogP contribution in [0.2, 0.25) is 5.02 Å². The van der Waals surface area contributed by atoms with Crippen molar-refractivity contribution >= 4 is 45.5 Å². The lowest BCUT2D eigenvalue weighted by Crippen LogP contribution is -2.22. The number of likely N-dealkylation sites (N-methyl/N-ethyl adjacent to an activating group) is 1. The number of pyridine rings is 1. The number of benzene rings is 2. The van der Waals surface area contributed by atoms with Gasteiger partial charge in [0.1, 0.15) is 23.7 Å². The van der Waals surface area contributed by atoms with E-state index in [2.05, 4.69) is 21.7 Å². The van der Waals surface area contributed by atoms with E-state index in [9.17, 15) is 14.4 Å². The van der Waals surface area contributed by atoms with E-state index in [1.807, 2.05) is 11.9 Å². The maximum atomic E-state index is 13.7. The van der Waals surface area contributed by atoms with E-state index in [0.717, 1.165) is 0 Å². The fourth-order valence-corrected chi connectivity index (χ4v) is 4.09. The van der Waals surface area contributed by atoms with Crippen molar-refractivity contribution in [2.45, 2.75) is 12.5 Å². The van der Waals surface area contributed by atoms with Crippen LogP contribution in [0.25, 0.3) is 10.9 Å². The van der Waals surface area contributed by atoms with Gasteiger partial charge in [-0.05, 0) is 31.3 Å². The van der Waals surface area contributed by atoms with Gasteiger partial charge >= 0.3 is 0 Å². The Labute approximate surface area is 224 Å². The summed E-state index contributed by atoms with van der Waals surface area (Å²) in [6, 6.07) is 9.66. The van der Waals surface area contributed by atoms with Gasteiger partial charge < -0.3 is 30.1 Å². The molecular formula is C27H27ClFN5O4. The molecule has 1 aliphatic rings. The zero-order chi connectivity index (χ0) is 27.1. The molecule has 3 aromatic rings. The average molecular weight is 540 g/mol. The Morgan fingerprint density at radius 1 is 1.42 bits per heavy atom. The van der Waals surface area contributed by atoms with Gasteiger partial charge in [-0.25, -0.2) is 4.39 Å². The van der Waals surface area contributed by atoms with Crippen molar-refractivity contribution in [1.29, 1.82) is 5.26 Å². The van der Waals surface area contributed by atoms with E-state index < -0.39 is 5.82 Å². The molecule has 1 aromatic heterocycles. The fourth-order valence-electron chi connectivity index (χ4n) is 3.91. The van der Waals surface area contributed by atoms with Crippen LogP contribution in [0.5, 0.6) is 5.75 Å². The highest BCUT2D eigenvalue weighted by molar-refractivity contribution is 6.31. The van der Waals surface area contributed by atoms with Crippen molar-refractivity contribution in [2.75, 3.05) is 50.6 Å². The first-order valence-electron chi connectivity index (χ1n) is 12.0. The first-order valence-corrected chi connectivity index (χ1v) is 12.4. The lowest BCUT2D eigenvalue weighted by atomic mass is 10.1. The Hall–Kier alpha value is -3.75. The molecule has 1 fully saturated rings. The molecule has 0 radical (unpaired) electrons. The number of carbonyl (C=O) groups is 1. The van der Waals surface area contributed by atoms with Gasteiger partial charge in [0.25, 0.3) is 0 Å². The lowest BCUT2D eigenvalue weighted by Gasteiger charge is -2.18. The molecule has 1 aliphatic heterocycles. The van der Waals surface area contributed by atoms with E-state index in [4.69, 9.17) is 26.2 Å². The summed E-state index contributed by atoms with van der Waals surface area (Å²) in [5.74, 6) is -0.519. The SMILES string of the molecule is CN(CC=CC(=O)Nc1cc2c(Nc3ccc(F)c(Cl)c3)c(C#N)cnc2cc1OC1CCOC1)CCO. The molecule has 3 N–H and O–H groups in total. The maximum absolute atomic E-state index is 13.7. The Morgan fingerprint density at radius 3 is 2.97 bits per heavy atom. The number of hydrogen-bond donors (Lipinski definition) is 3. The van der Waals surface area contributed by atoms with Crippen LogP contribution in [0.4, 0.5) is 21.5 Å². The first kappa shape index (κ1) is 27.3. The third-order valence-electron chi connectivity index (χ3n) is 5.89. The number of aliphatic hydroxyl groups is 1. The highest BCUT2D eigenvalue weighted by atomic mass is 35.5. The molecule has 2 heterocycles. The van der Waals surface area contributed by atoms with Crippen molar-refractivity contribution in [1.82, 2.24) is 9.88 Å². The molecule has 2 aromatic carbocycles. The molecule has 1 unspecified atom stereocenters. The summed E-state index contributed by atoms with van der Waals surface area (Å²) in [6.45, 7) is 2.02. The van der Waals surface area contributed by atoms with Gasteiger partial charge in [-0.15, -0.1) is 0 Å². The Bertz CT molecular complexity index is 1390. The van der Waals surface area contributed by atoms with Crippen LogP contribution in [0, 0.1) is 17.1 Å². The van der Waals surface area contributed by atoms with Crippen molar-refractivity contribution < 1.29 is 23.8 Å². The van der Waals surface area contributed by atoms with Crippen molar-refractivity contribution in [3.63, 3.8) is 0 Å². The molecule has 0 bridgehead atoms. The standard InChI is InChI=1S/C27H27ClFN5O4/c1-34(8-9-35)7-2-3-26(36)33-24-12-20-23(13-25(24)38-19-6-10-37-16-19)31-15-17(14-30)27(20)32-18-4-5-22(29)21(28)11-18/h2-5,11-13,15,19,35H,6-10,16H2,1H3,(H,31,32)(H,33,36). The van der Waals surface area contributed by atoms with Crippen LogP contribution in [-0.4, -0.2) is 67.0 Å². The quantitative estimate of drug-likeness (QED) is 0.327. The number of rotatable bonds is 10. The van der Waals surface area contributed by atoms with Crippen molar-refractivity contribution in [3.05, 3.63) is 65.1 Å². The van der Waals surface area contributed by atoms with Crippen molar-refractivity contribution in [2.24, 2.45) is 0 Å². The topological polar surface area (TPSA) is 120 Å². The molecule has 198 valence electrons. The third-order valence-corrected chi connectivity index (χ3v) is 6.18. The number of carbonyl (C=O) groups excluding carboxylic acids is 1. The van der Waals surface area contributed by atoms with E-state index >= 15 is 0 Å². The van der Waals surface area contributed by atoms with E-state index in [0.29, 0.717) is 66.4 Å². The van der Waals surface area contributed by atoms with Gasteiger partial charge in [0, 0.05) is 48.9 Å². The smallest absolute Gasteiger partial charge is 0.248 e. The normalized spacial score (nSPS) is 15.2. The van der Waals surface area contributed by atoms with Crippen LogP contribution in [0.1, 0.15) is 12.0 Å². The molecule has 11 heteroatoms. The molecule has 1 atom stereocenters. The van der Waals surface area contributed by atoms with Crippen LogP contribution in [0.15, 0.2) is 48.7 Å². The van der Waals surface area contributed by atoms with Gasteiger partial charge in [-0.3, -0.25) is 9.78 Å². The zero-order valence-electron chi connectivity index (χ0n) is 20.7. The number of nitriles is 1. The molecule has 38 heavy (non-hydrogen) atoms. The Kier molecular flexibility index (Phi) is 9.10. The number of nitrogens with one attached hydrogen (secondary N) is 2. The number of ether oxygens (including phenoxy) is 2. The number of hydrogen-bond acceptors (Lipinski definition) is 8. The summed E-state index contributed by atoms with van der Waals surface area (Å²) < 4.78 is 25.3. The van der Waals surface area contributed by atoms with Crippen LogP contribution in [0.3, 0.4) is 0 Å². The molecule has 0 spiro atoms. The number of aliphatic hydroxyl groups excluding tert-OH is 1. The average Bonchev–Trinajstić information content (AvgIpc) is 3.40. The summed E-state index contributed by atoms with van der Waals surface area (Å²) >= 11 is 5.95. The summed E-state index contributed by atoms with van der Waals surface area (Å²) in [5.41, 5.74) is 2.06. The number of amides is 1. The van der Waals surface area contributed by atoms with Gasteiger partial charge in [0.15, 0.2) is 0 Å². The predicted molar refractivity (Wildman–Crippen MR) is 143 cm³/mol. The fraction of sp³-hybridized carbons (Fsp3) is 0.296. The molecule has 0 saturated carbocycles. The minimum Gasteiger partial charge on any atom is -0.486 e. The van der Waals surface area contributed by atoms with Gasteiger partial charge in [0.2, 0.25) is 5.91 Å². The van der Waals surface area contributed by atoms with Gasteiger partial charge in [0.05, 0.1) is 47.3 Å². The third kappa shape index (κ3) is 6.76. The molecular weight excluding hydrogens is 513 g/mol. The van der Waals surface area contributed by atoms with Crippen LogP contribution in [-0.2, 0) is 9.53 Å². The number of fused-ring (bicyclic) bond motifs is 1. The monoisotopic (exact) mass is 539 g/mol. The second kappa shape index (κ2) is 12.7. The molecule has 4 rings (SSSR count). The van der Waals surface area contributed by atoms with Crippen molar-refractivity contribution in [3.8, 4) is 11.8 Å². The molecule has 1 amide bonds. The summed E-state index contributed by atoms with van der Waals surface area (Å²) in [4.78, 5) is 19.0. The Balaban J connectivity index is 1.71. The zero-order valence-corrected chi connectivity index (χ0v) is 21.5. The molecule has 0 aliphatic carbocycles. The predicted octanol–water partition coefficient (Wildman–Crippen LogP) is 4.23. The highest BCUT2D eigenvalue weighted by Crippen LogP contribution is 2.37. The summed E-state index contributed by atoms with van der Waals surface area (Å²) in [6.07, 6.45) is 5.06. The van der Waals surface area contributed by atoms with Crippen LogP contribution < -0.4 is 15.4 Å². The maximum Gasteiger partial charge on any atom is 0.248 e. The van der Waals surface area contributed by atoms with Gasteiger partial charge in [-0.2, -0.15) is 5.26 Å². The number of nitrogens with zero attached hydrogens (tertiary/aromatic N) is 3. The van der Waals surface area contributed by atoms with Crippen LogP contribution >= 0.6 is 11.6 Å². The van der Waals surface area contributed by atoms with Gasteiger partial charge in [-0.1, -0.05) is 17.7 Å². The second-order valence-electron chi connectivity index (χ2n) is 8.76. The highest BCUT2D eigenvalue weighted by Gasteiger charge is 2.21. The number of halogens is 2. The lowest BCUT2D eigenvalue weighted by molar-refractivity contribution is -0.111. The number of aromatic nitrogens is 1. The summed E-state index contributed by atoms with van der Waals surface area (Å²) in [5, 5.41) is 25.2. The minimum atomic E-state index is -0.560. The number of anilines is 3. The Morgan fingerprint density at radius 2 is 2.26 bits per heavy atom. The molecule has 9 nitrogen and oxygen atoms in total. The van der Waals surface area contributed by atoms with E-state index in [1.165, 1.54) is 30.5 Å². The second-order valence-corrected chi connectivity index (χ2v) is 9.17. The van der Waals surface area contributed by atoms with E-state index in [1.54, 1.807) is 18.2 Å². The first-order chi connectivity index (χ1) is 18.4. The molecule has 1 saturated heterocycles. The largest absolute Gasteiger partial charge is 0.486 e. The minimum absolute atomic E-state index is 0.0262.